The number of H-pyrrole nitrogens is 1. The maximum Gasteiger partial charge on any atom is 0.303 e. The van der Waals surface area contributed by atoms with Gasteiger partial charge in [-0.15, -0.1) is 0 Å². The predicted molar refractivity (Wildman–Crippen MR) is 130 cm³/mol. The first-order valence-corrected chi connectivity index (χ1v) is 10.9. The molecule has 1 amide bonds. The van der Waals surface area contributed by atoms with E-state index in [9.17, 15) is 9.59 Å². The van der Waals surface area contributed by atoms with Gasteiger partial charge in [0.05, 0.1) is 7.11 Å². The average molecular weight is 459 g/mol. The average Bonchev–Trinajstić information content (AvgIpc) is 3.25. The van der Waals surface area contributed by atoms with Crippen LogP contribution < -0.4 is 14.8 Å². The van der Waals surface area contributed by atoms with Crippen LogP contribution in [0.2, 0.25) is 0 Å². The van der Waals surface area contributed by atoms with Crippen LogP contribution in [0.15, 0.2) is 66.7 Å². The minimum absolute atomic E-state index is 0.0987. The number of ether oxygens (including phenoxy) is 2. The summed E-state index contributed by atoms with van der Waals surface area (Å²) in [7, 11) is 1.61. The first-order valence-electron chi connectivity index (χ1n) is 10.9. The van der Waals surface area contributed by atoms with Crippen molar-refractivity contribution in [2.75, 3.05) is 7.11 Å². The number of methoxy groups -OCH3 is 1. The van der Waals surface area contributed by atoms with Crippen molar-refractivity contribution in [2.24, 2.45) is 0 Å². The smallest absolute Gasteiger partial charge is 0.303 e. The molecule has 1 heterocycles. The highest BCUT2D eigenvalue weighted by atomic mass is 16.5. The summed E-state index contributed by atoms with van der Waals surface area (Å²) in [5.74, 6) is 1.05. The Hall–Kier alpha value is -4.26. The van der Waals surface area contributed by atoms with E-state index in [2.05, 4.69) is 10.3 Å². The highest BCUT2D eigenvalue weighted by Gasteiger charge is 2.11. The molecule has 0 aliphatic rings. The summed E-state index contributed by atoms with van der Waals surface area (Å²) in [5.41, 5.74) is 4.22. The summed E-state index contributed by atoms with van der Waals surface area (Å²) in [6.45, 7) is 2.29. The Bertz CT molecular complexity index is 1340. The Balaban J connectivity index is 1.38. The van der Waals surface area contributed by atoms with Gasteiger partial charge < -0.3 is 24.9 Å². The number of carboxylic acid groups (broad SMARTS) is 1. The third kappa shape index (κ3) is 5.56. The van der Waals surface area contributed by atoms with Gasteiger partial charge in [0.2, 0.25) is 0 Å². The molecule has 3 N–H and O–H groups in total. The van der Waals surface area contributed by atoms with Gasteiger partial charge in [0.1, 0.15) is 22.9 Å². The molecule has 0 saturated heterocycles. The number of amides is 1. The minimum Gasteiger partial charge on any atom is -0.497 e. The minimum atomic E-state index is -0.812. The Morgan fingerprint density at radius 1 is 0.971 bits per heavy atom. The van der Waals surface area contributed by atoms with Gasteiger partial charge in [-0.1, -0.05) is 18.2 Å². The highest BCUT2D eigenvalue weighted by molar-refractivity contribution is 5.98. The number of carbonyl (C=O) groups excluding carboxylic acids is 1. The first-order chi connectivity index (χ1) is 16.4. The van der Waals surface area contributed by atoms with E-state index in [-0.39, 0.29) is 12.3 Å². The van der Waals surface area contributed by atoms with E-state index in [0.717, 1.165) is 33.3 Å². The number of nitrogens with one attached hydrogen (secondary N) is 2. The number of benzene rings is 3. The fourth-order valence-corrected chi connectivity index (χ4v) is 3.75. The number of aryl methyl sites for hydroxylation is 2. The number of carboxylic acids is 1. The number of rotatable bonds is 9. The van der Waals surface area contributed by atoms with Crippen LogP contribution in [0.25, 0.3) is 10.9 Å². The Morgan fingerprint density at radius 2 is 1.76 bits per heavy atom. The lowest BCUT2D eigenvalue weighted by atomic mass is 10.0. The van der Waals surface area contributed by atoms with Gasteiger partial charge in [-0.05, 0) is 78.6 Å². The molecule has 0 atom stereocenters. The lowest BCUT2D eigenvalue weighted by Gasteiger charge is -2.11. The molecular formula is C27H26N2O5. The Labute approximate surface area is 197 Å². The third-order valence-electron chi connectivity index (χ3n) is 5.58. The largest absolute Gasteiger partial charge is 0.497 e. The standard InChI is InChI=1S/C27H26N2O5/c1-17-12-23(8-6-19(17)7-11-26(30)31)34-22-5-3-4-18(13-22)16-28-27(32)25-15-20-14-21(33-2)9-10-24(20)29-25/h3-6,8-10,12-15,29H,7,11,16H2,1-2H3,(H,28,32)(H,30,31). The fourth-order valence-electron chi connectivity index (χ4n) is 3.75. The highest BCUT2D eigenvalue weighted by Crippen LogP contribution is 2.25. The first kappa shape index (κ1) is 22.9. The molecule has 3 aromatic carbocycles. The molecule has 0 aliphatic heterocycles. The summed E-state index contributed by atoms with van der Waals surface area (Å²) in [4.78, 5) is 26.6. The number of carbonyl (C=O) groups is 2. The van der Waals surface area contributed by atoms with Gasteiger partial charge in [-0.3, -0.25) is 9.59 Å². The molecule has 174 valence electrons. The van der Waals surface area contributed by atoms with Crippen LogP contribution in [0.4, 0.5) is 0 Å². The monoisotopic (exact) mass is 458 g/mol. The summed E-state index contributed by atoms with van der Waals surface area (Å²) in [6.07, 6.45) is 0.585. The van der Waals surface area contributed by atoms with Crippen LogP contribution in [-0.2, 0) is 17.8 Å². The van der Waals surface area contributed by atoms with Gasteiger partial charge in [-0.2, -0.15) is 0 Å². The predicted octanol–water partition coefficient (Wildman–Crippen LogP) is 5.22. The Kier molecular flexibility index (Phi) is 6.82. The van der Waals surface area contributed by atoms with Crippen molar-refractivity contribution in [1.29, 1.82) is 0 Å². The molecule has 0 fully saturated rings. The zero-order valence-corrected chi connectivity index (χ0v) is 19.1. The van der Waals surface area contributed by atoms with Gasteiger partial charge >= 0.3 is 5.97 Å². The van der Waals surface area contributed by atoms with E-state index in [0.29, 0.717) is 30.2 Å². The lowest BCUT2D eigenvalue weighted by molar-refractivity contribution is -0.136. The van der Waals surface area contributed by atoms with Gasteiger partial charge in [-0.25, -0.2) is 0 Å². The van der Waals surface area contributed by atoms with E-state index in [1.807, 2.05) is 67.6 Å². The van der Waals surface area contributed by atoms with E-state index in [1.165, 1.54) is 0 Å². The summed E-state index contributed by atoms with van der Waals surface area (Å²) in [6, 6.07) is 20.6. The van der Waals surface area contributed by atoms with E-state index in [4.69, 9.17) is 14.6 Å². The van der Waals surface area contributed by atoms with Crippen LogP contribution in [-0.4, -0.2) is 29.1 Å². The molecule has 0 radical (unpaired) electrons. The second-order valence-corrected chi connectivity index (χ2v) is 8.05. The van der Waals surface area contributed by atoms with Crippen LogP contribution in [0.1, 0.15) is 33.6 Å². The van der Waals surface area contributed by atoms with Crippen molar-refractivity contribution in [1.82, 2.24) is 10.3 Å². The van der Waals surface area contributed by atoms with Gasteiger partial charge in [0.25, 0.3) is 5.91 Å². The van der Waals surface area contributed by atoms with Crippen molar-refractivity contribution < 1.29 is 24.2 Å². The quantitative estimate of drug-likeness (QED) is 0.319. The van der Waals surface area contributed by atoms with Gasteiger partial charge in [0.15, 0.2) is 0 Å². The zero-order valence-electron chi connectivity index (χ0n) is 19.1. The van der Waals surface area contributed by atoms with Crippen molar-refractivity contribution in [3.8, 4) is 17.2 Å². The second-order valence-electron chi connectivity index (χ2n) is 8.05. The van der Waals surface area contributed by atoms with Crippen LogP contribution in [0, 0.1) is 6.92 Å². The Morgan fingerprint density at radius 3 is 2.53 bits per heavy atom. The topological polar surface area (TPSA) is 101 Å². The molecule has 34 heavy (non-hydrogen) atoms. The maximum atomic E-state index is 12.6. The number of hydrogen-bond acceptors (Lipinski definition) is 4. The summed E-state index contributed by atoms with van der Waals surface area (Å²) in [5, 5.41) is 12.7. The van der Waals surface area contributed by atoms with Crippen LogP contribution in [0.3, 0.4) is 0 Å². The lowest BCUT2D eigenvalue weighted by Crippen LogP contribution is -2.23. The molecule has 4 rings (SSSR count). The maximum absolute atomic E-state index is 12.6. The second kappa shape index (κ2) is 10.1. The van der Waals surface area contributed by atoms with Gasteiger partial charge in [0, 0.05) is 23.9 Å². The summed E-state index contributed by atoms with van der Waals surface area (Å²) >= 11 is 0. The number of fused-ring (bicyclic) bond motifs is 1. The number of aromatic amines is 1. The number of hydrogen-bond donors (Lipinski definition) is 3. The molecule has 7 nitrogen and oxygen atoms in total. The molecular weight excluding hydrogens is 432 g/mol. The van der Waals surface area contributed by atoms with Crippen LogP contribution in [0.5, 0.6) is 17.2 Å². The van der Waals surface area contributed by atoms with E-state index in [1.54, 1.807) is 13.2 Å². The number of aliphatic carboxylic acids is 1. The van der Waals surface area contributed by atoms with Crippen molar-refractivity contribution >= 4 is 22.8 Å². The SMILES string of the molecule is COc1ccc2[nH]c(C(=O)NCc3cccc(Oc4ccc(CCC(=O)O)c(C)c4)c3)cc2c1. The zero-order chi connectivity index (χ0) is 24.1. The van der Waals surface area contributed by atoms with Crippen LogP contribution >= 0.6 is 0 Å². The normalized spacial score (nSPS) is 10.8. The molecule has 0 unspecified atom stereocenters. The molecule has 1 aromatic heterocycles. The molecule has 7 heteroatoms. The summed E-state index contributed by atoms with van der Waals surface area (Å²) < 4.78 is 11.2. The molecule has 4 aromatic rings. The molecule has 0 bridgehead atoms. The van der Waals surface area contributed by atoms with E-state index < -0.39 is 5.97 Å². The van der Waals surface area contributed by atoms with Crippen molar-refractivity contribution in [3.05, 3.63) is 89.1 Å². The fraction of sp³-hybridized carbons (Fsp3) is 0.185. The van der Waals surface area contributed by atoms with E-state index >= 15 is 0 Å². The third-order valence-corrected chi connectivity index (χ3v) is 5.58. The van der Waals surface area contributed by atoms with Crippen molar-refractivity contribution in [3.63, 3.8) is 0 Å². The molecule has 0 aliphatic carbocycles. The molecule has 0 spiro atoms. The number of aromatic nitrogens is 1. The molecule has 0 saturated carbocycles. The van der Waals surface area contributed by atoms with Crippen molar-refractivity contribution in [2.45, 2.75) is 26.3 Å².